The van der Waals surface area contributed by atoms with Crippen molar-refractivity contribution in [3.05, 3.63) is 12.7 Å². The SMILES string of the molecule is C=CC(=O)OCCCCCCCCOP(=O)([O-])OCC[N+](C)(C)C. The molecule has 0 aliphatic heterocycles. The number of hydrogen-bond acceptors (Lipinski definition) is 6. The van der Waals surface area contributed by atoms with E-state index in [-0.39, 0.29) is 13.2 Å². The van der Waals surface area contributed by atoms with Gasteiger partial charge in [0.1, 0.15) is 13.2 Å². The summed E-state index contributed by atoms with van der Waals surface area (Å²) in [5.74, 6) is -0.391. The molecular weight excluding hydrogens is 333 g/mol. The Hall–Kier alpha value is -0.720. The first kappa shape index (κ1) is 23.3. The Labute approximate surface area is 145 Å². The molecule has 24 heavy (non-hydrogen) atoms. The van der Waals surface area contributed by atoms with Gasteiger partial charge in [-0.15, -0.1) is 0 Å². The minimum Gasteiger partial charge on any atom is -0.756 e. The van der Waals surface area contributed by atoms with Gasteiger partial charge in [0.25, 0.3) is 7.82 Å². The summed E-state index contributed by atoms with van der Waals surface area (Å²) in [6, 6.07) is 0. The maximum atomic E-state index is 11.5. The van der Waals surface area contributed by atoms with Gasteiger partial charge in [-0.1, -0.05) is 32.3 Å². The molecule has 0 aromatic carbocycles. The van der Waals surface area contributed by atoms with Crippen molar-refractivity contribution < 1.29 is 32.5 Å². The molecule has 8 heteroatoms. The third-order valence-electron chi connectivity index (χ3n) is 3.21. The maximum Gasteiger partial charge on any atom is 0.330 e. The summed E-state index contributed by atoms with van der Waals surface area (Å²) in [4.78, 5) is 22.3. The van der Waals surface area contributed by atoms with E-state index in [1.165, 1.54) is 0 Å². The highest BCUT2D eigenvalue weighted by Gasteiger charge is 2.12. The summed E-state index contributed by atoms with van der Waals surface area (Å²) < 4.78 is 26.7. The van der Waals surface area contributed by atoms with Crippen LogP contribution in [0.15, 0.2) is 12.7 Å². The summed E-state index contributed by atoms with van der Waals surface area (Å²) in [5.41, 5.74) is 0. The molecule has 0 radical (unpaired) electrons. The van der Waals surface area contributed by atoms with Crippen molar-refractivity contribution in [1.29, 1.82) is 0 Å². The quantitative estimate of drug-likeness (QED) is 0.145. The number of quaternary nitrogens is 1. The Balaban J connectivity index is 3.47. The van der Waals surface area contributed by atoms with Crippen LogP contribution in [0.25, 0.3) is 0 Å². The van der Waals surface area contributed by atoms with Crippen molar-refractivity contribution in [3.8, 4) is 0 Å². The first-order valence-electron chi connectivity index (χ1n) is 8.36. The van der Waals surface area contributed by atoms with Crippen molar-refractivity contribution in [2.24, 2.45) is 0 Å². The zero-order chi connectivity index (χ0) is 18.5. The van der Waals surface area contributed by atoms with Crippen LogP contribution in [0.4, 0.5) is 0 Å². The van der Waals surface area contributed by atoms with E-state index in [0.29, 0.717) is 24.1 Å². The van der Waals surface area contributed by atoms with Crippen molar-refractivity contribution >= 4 is 13.8 Å². The van der Waals surface area contributed by atoms with Crippen LogP contribution in [-0.4, -0.2) is 58.0 Å². The highest BCUT2D eigenvalue weighted by molar-refractivity contribution is 7.45. The second-order valence-corrected chi connectivity index (χ2v) is 8.03. The summed E-state index contributed by atoms with van der Waals surface area (Å²) >= 11 is 0. The third kappa shape index (κ3) is 16.1. The van der Waals surface area contributed by atoms with Crippen molar-refractivity contribution in [2.75, 3.05) is 47.5 Å². The molecule has 0 aromatic heterocycles. The van der Waals surface area contributed by atoms with E-state index in [1.54, 1.807) is 0 Å². The second kappa shape index (κ2) is 12.6. The maximum absolute atomic E-state index is 11.5. The number of phosphoric ester groups is 1. The van der Waals surface area contributed by atoms with E-state index in [4.69, 9.17) is 13.8 Å². The highest BCUT2D eigenvalue weighted by Crippen LogP contribution is 2.38. The van der Waals surface area contributed by atoms with E-state index >= 15 is 0 Å². The summed E-state index contributed by atoms with van der Waals surface area (Å²) in [5, 5.41) is 0. The largest absolute Gasteiger partial charge is 0.756 e. The second-order valence-electron chi connectivity index (χ2n) is 6.62. The van der Waals surface area contributed by atoms with Gasteiger partial charge in [0.15, 0.2) is 0 Å². The van der Waals surface area contributed by atoms with Crippen LogP contribution in [0, 0.1) is 0 Å². The lowest BCUT2D eigenvalue weighted by Crippen LogP contribution is -2.37. The Kier molecular flexibility index (Phi) is 12.2. The molecule has 0 aliphatic rings. The molecule has 1 atom stereocenters. The molecule has 0 heterocycles. The van der Waals surface area contributed by atoms with Gasteiger partial charge in [-0.25, -0.2) is 4.79 Å². The predicted molar refractivity (Wildman–Crippen MR) is 91.3 cm³/mol. The van der Waals surface area contributed by atoms with Gasteiger partial charge in [0.2, 0.25) is 0 Å². The number of carbonyl (C=O) groups is 1. The van der Waals surface area contributed by atoms with Crippen LogP contribution < -0.4 is 4.89 Å². The van der Waals surface area contributed by atoms with Crippen LogP contribution in [0.1, 0.15) is 38.5 Å². The lowest BCUT2D eigenvalue weighted by molar-refractivity contribution is -0.870. The predicted octanol–water partition coefficient (Wildman–Crippen LogP) is 2.26. The molecule has 0 fully saturated rings. The van der Waals surface area contributed by atoms with Gasteiger partial charge >= 0.3 is 5.97 Å². The fraction of sp³-hybridized carbons (Fsp3) is 0.812. The molecule has 0 bridgehead atoms. The number of likely N-dealkylation sites (N-methyl/N-ethyl adjacent to an activating group) is 1. The van der Waals surface area contributed by atoms with Gasteiger partial charge in [0, 0.05) is 6.08 Å². The number of ether oxygens (including phenoxy) is 1. The number of phosphoric acid groups is 1. The molecule has 142 valence electrons. The van der Waals surface area contributed by atoms with Gasteiger partial charge in [-0.3, -0.25) is 4.57 Å². The summed E-state index contributed by atoms with van der Waals surface area (Å²) in [6.07, 6.45) is 6.53. The normalized spacial score (nSPS) is 14.2. The lowest BCUT2D eigenvalue weighted by atomic mass is 10.1. The van der Waals surface area contributed by atoms with Crippen LogP contribution in [0.5, 0.6) is 0 Å². The number of unbranched alkanes of at least 4 members (excludes halogenated alkanes) is 5. The van der Waals surface area contributed by atoms with Gasteiger partial charge in [-0.05, 0) is 12.8 Å². The summed E-state index contributed by atoms with van der Waals surface area (Å²) in [6.45, 7) is 4.61. The van der Waals surface area contributed by atoms with Crippen LogP contribution in [-0.2, 0) is 23.1 Å². The number of nitrogens with zero attached hydrogens (tertiary/aromatic N) is 1. The van der Waals surface area contributed by atoms with Crippen molar-refractivity contribution in [1.82, 2.24) is 0 Å². The Morgan fingerprint density at radius 3 is 2.04 bits per heavy atom. The van der Waals surface area contributed by atoms with E-state index in [9.17, 15) is 14.3 Å². The molecule has 0 aliphatic carbocycles. The molecule has 0 saturated heterocycles. The minimum absolute atomic E-state index is 0.126. The molecule has 1 unspecified atom stereocenters. The lowest BCUT2D eigenvalue weighted by Gasteiger charge is -2.27. The van der Waals surface area contributed by atoms with Gasteiger partial charge in [-0.2, -0.15) is 0 Å². The average molecular weight is 365 g/mol. The Morgan fingerprint density at radius 1 is 1.00 bits per heavy atom. The zero-order valence-electron chi connectivity index (χ0n) is 15.2. The molecule has 0 amide bonds. The standard InChI is InChI=1S/C16H32NO6P/c1-5-16(18)21-13-10-8-6-7-9-11-14-22-24(19,20)23-15-12-17(2,3)4/h5H,1,6-15H2,2-4H3. The molecule has 0 rings (SSSR count). The first-order valence-corrected chi connectivity index (χ1v) is 9.82. The zero-order valence-corrected chi connectivity index (χ0v) is 16.1. The first-order chi connectivity index (χ1) is 11.2. The molecule has 0 spiro atoms. The van der Waals surface area contributed by atoms with E-state index in [1.807, 2.05) is 21.1 Å². The average Bonchev–Trinajstić information content (AvgIpc) is 2.47. The fourth-order valence-electron chi connectivity index (χ4n) is 1.78. The van der Waals surface area contributed by atoms with Crippen LogP contribution in [0.2, 0.25) is 0 Å². The van der Waals surface area contributed by atoms with E-state index < -0.39 is 13.8 Å². The smallest absolute Gasteiger partial charge is 0.330 e. The van der Waals surface area contributed by atoms with E-state index in [2.05, 4.69) is 6.58 Å². The van der Waals surface area contributed by atoms with Gasteiger partial charge < -0.3 is 23.2 Å². The molecular formula is C16H32NO6P. The monoisotopic (exact) mass is 365 g/mol. The van der Waals surface area contributed by atoms with E-state index in [0.717, 1.165) is 38.2 Å². The molecule has 0 N–H and O–H groups in total. The van der Waals surface area contributed by atoms with Crippen LogP contribution in [0.3, 0.4) is 0 Å². The van der Waals surface area contributed by atoms with Crippen molar-refractivity contribution in [2.45, 2.75) is 38.5 Å². The Morgan fingerprint density at radius 2 is 1.50 bits per heavy atom. The molecule has 0 saturated carbocycles. The van der Waals surface area contributed by atoms with Crippen molar-refractivity contribution in [3.63, 3.8) is 0 Å². The number of esters is 1. The topological polar surface area (TPSA) is 84.9 Å². The Bertz CT molecular complexity index is 408. The molecule has 7 nitrogen and oxygen atoms in total. The van der Waals surface area contributed by atoms with Crippen LogP contribution >= 0.6 is 7.82 Å². The number of hydrogen-bond donors (Lipinski definition) is 0. The number of rotatable bonds is 15. The minimum atomic E-state index is -4.18. The third-order valence-corrected chi connectivity index (χ3v) is 4.21. The fourth-order valence-corrected chi connectivity index (χ4v) is 2.52. The number of carbonyl (C=O) groups excluding carboxylic acids is 1. The summed E-state index contributed by atoms with van der Waals surface area (Å²) in [7, 11) is 1.71. The highest BCUT2D eigenvalue weighted by atomic mass is 31.2. The van der Waals surface area contributed by atoms with Gasteiger partial charge in [0.05, 0.1) is 34.4 Å². The molecule has 0 aromatic rings.